The van der Waals surface area contributed by atoms with Gasteiger partial charge in [-0.1, -0.05) is 13.3 Å². The molecule has 10 heavy (non-hydrogen) atoms. The van der Waals surface area contributed by atoms with Crippen molar-refractivity contribution in [1.29, 1.82) is 0 Å². The maximum Gasteiger partial charge on any atom is 0.123 e. The van der Waals surface area contributed by atoms with Crippen molar-refractivity contribution < 1.29 is 4.79 Å². The lowest BCUT2D eigenvalue weighted by molar-refractivity contribution is -0.109. The lowest BCUT2D eigenvalue weighted by Gasteiger charge is -2.39. The van der Waals surface area contributed by atoms with Gasteiger partial charge in [0.1, 0.15) is 6.29 Å². The Balaban J connectivity index is 1.95. The predicted molar refractivity (Wildman–Crippen MR) is 39.6 cm³/mol. The van der Waals surface area contributed by atoms with Crippen molar-refractivity contribution in [3.63, 3.8) is 0 Å². The molecule has 0 aliphatic heterocycles. The van der Waals surface area contributed by atoms with Gasteiger partial charge in [-0.2, -0.15) is 0 Å². The molecule has 2 unspecified atom stereocenters. The third-order valence-corrected chi connectivity index (χ3v) is 3.41. The normalized spacial score (nSPS) is 42.1. The summed E-state index contributed by atoms with van der Waals surface area (Å²) in [6.45, 7) is 2.34. The number of rotatable bonds is 2. The maximum absolute atomic E-state index is 10.4. The van der Waals surface area contributed by atoms with E-state index in [1.807, 2.05) is 0 Å². The Morgan fingerprint density at radius 2 is 2.20 bits per heavy atom. The number of hydrogen-bond donors (Lipinski definition) is 0. The lowest BCUT2D eigenvalue weighted by atomic mass is 9.66. The van der Waals surface area contributed by atoms with Crippen LogP contribution in [0.2, 0.25) is 0 Å². The molecule has 2 aliphatic carbocycles. The molecular weight excluding hydrogens is 124 g/mol. The van der Waals surface area contributed by atoms with Gasteiger partial charge in [-0.3, -0.25) is 0 Å². The highest BCUT2D eigenvalue weighted by molar-refractivity contribution is 5.58. The molecule has 0 amide bonds. The van der Waals surface area contributed by atoms with E-state index in [1.54, 1.807) is 0 Å². The highest BCUT2D eigenvalue weighted by Crippen LogP contribution is 2.59. The van der Waals surface area contributed by atoms with Gasteiger partial charge in [-0.25, -0.2) is 0 Å². The molecule has 0 aromatic rings. The predicted octanol–water partition coefficient (Wildman–Crippen LogP) is 2.01. The van der Waals surface area contributed by atoms with E-state index in [0.29, 0.717) is 11.3 Å². The first-order valence-corrected chi connectivity index (χ1v) is 4.21. The van der Waals surface area contributed by atoms with Crippen molar-refractivity contribution in [2.75, 3.05) is 0 Å². The first-order valence-electron chi connectivity index (χ1n) is 4.21. The fraction of sp³-hybridized carbons (Fsp3) is 0.889. The van der Waals surface area contributed by atoms with Gasteiger partial charge in [0, 0.05) is 5.92 Å². The zero-order valence-electron chi connectivity index (χ0n) is 6.47. The van der Waals surface area contributed by atoms with Gasteiger partial charge in [-0.15, -0.1) is 0 Å². The van der Waals surface area contributed by atoms with Crippen LogP contribution in [0.1, 0.15) is 32.6 Å². The van der Waals surface area contributed by atoms with Crippen LogP contribution >= 0.6 is 0 Å². The van der Waals surface area contributed by atoms with E-state index in [0.717, 1.165) is 12.2 Å². The van der Waals surface area contributed by atoms with E-state index < -0.39 is 0 Å². The van der Waals surface area contributed by atoms with Gasteiger partial charge in [0.05, 0.1) is 0 Å². The summed E-state index contributed by atoms with van der Waals surface area (Å²) in [7, 11) is 0. The van der Waals surface area contributed by atoms with Crippen molar-refractivity contribution in [2.45, 2.75) is 32.6 Å². The minimum atomic E-state index is 0.435. The molecule has 56 valence electrons. The Bertz CT molecular complexity index is 158. The van der Waals surface area contributed by atoms with Crippen molar-refractivity contribution >= 4 is 6.29 Å². The molecule has 2 aliphatic rings. The number of hydrogen-bond acceptors (Lipinski definition) is 1. The average molecular weight is 138 g/mol. The Hall–Kier alpha value is -0.330. The highest BCUT2D eigenvalue weighted by atomic mass is 16.1. The van der Waals surface area contributed by atoms with Gasteiger partial charge < -0.3 is 4.79 Å². The SMILES string of the molecule is CC1(C2CC2C=O)CCC1. The molecule has 0 saturated heterocycles. The van der Waals surface area contributed by atoms with E-state index >= 15 is 0 Å². The van der Waals surface area contributed by atoms with Crippen LogP contribution in [0.3, 0.4) is 0 Å². The molecule has 0 N–H and O–H groups in total. The standard InChI is InChI=1S/C9H14O/c1-9(3-2-4-9)8-5-7(8)6-10/h6-8H,2-5H2,1H3. The van der Waals surface area contributed by atoms with Gasteiger partial charge in [0.15, 0.2) is 0 Å². The Morgan fingerprint density at radius 3 is 2.50 bits per heavy atom. The molecule has 0 bridgehead atoms. The summed E-state index contributed by atoms with van der Waals surface area (Å²) in [4.78, 5) is 10.4. The summed E-state index contributed by atoms with van der Waals surface area (Å²) < 4.78 is 0. The van der Waals surface area contributed by atoms with E-state index in [9.17, 15) is 4.79 Å². The summed E-state index contributed by atoms with van der Waals surface area (Å²) in [5.41, 5.74) is 0.575. The van der Waals surface area contributed by atoms with Crippen molar-refractivity contribution in [3.8, 4) is 0 Å². The second kappa shape index (κ2) is 1.84. The zero-order chi connectivity index (χ0) is 7.19. The second-order valence-corrected chi connectivity index (χ2v) is 4.15. The van der Waals surface area contributed by atoms with Crippen molar-refractivity contribution in [2.24, 2.45) is 17.3 Å². The van der Waals surface area contributed by atoms with E-state index in [-0.39, 0.29) is 0 Å². The molecule has 0 radical (unpaired) electrons. The second-order valence-electron chi connectivity index (χ2n) is 4.15. The molecule has 0 aromatic heterocycles. The molecule has 0 spiro atoms. The Labute approximate surface area is 61.8 Å². The number of aldehydes is 1. The van der Waals surface area contributed by atoms with Crippen molar-refractivity contribution in [3.05, 3.63) is 0 Å². The number of carbonyl (C=O) groups is 1. The molecule has 2 rings (SSSR count). The molecule has 1 heteroatoms. The fourth-order valence-electron chi connectivity index (χ4n) is 2.27. The van der Waals surface area contributed by atoms with Crippen LogP contribution in [0.5, 0.6) is 0 Å². The molecule has 2 saturated carbocycles. The monoisotopic (exact) mass is 138 g/mol. The Kier molecular flexibility index (Phi) is 1.17. The van der Waals surface area contributed by atoms with Gasteiger partial charge >= 0.3 is 0 Å². The molecular formula is C9H14O. The van der Waals surface area contributed by atoms with Gasteiger partial charge in [0.2, 0.25) is 0 Å². The van der Waals surface area contributed by atoms with Crippen LogP contribution in [-0.4, -0.2) is 6.29 Å². The summed E-state index contributed by atoms with van der Waals surface area (Å²) in [5, 5.41) is 0. The zero-order valence-corrected chi connectivity index (χ0v) is 6.47. The van der Waals surface area contributed by atoms with Crippen molar-refractivity contribution in [1.82, 2.24) is 0 Å². The van der Waals surface area contributed by atoms with Crippen LogP contribution in [0, 0.1) is 17.3 Å². The summed E-state index contributed by atoms with van der Waals surface area (Å²) >= 11 is 0. The molecule has 2 atom stereocenters. The van der Waals surface area contributed by atoms with Gasteiger partial charge in [0.25, 0.3) is 0 Å². The topological polar surface area (TPSA) is 17.1 Å². The van der Waals surface area contributed by atoms with Crippen LogP contribution in [0.4, 0.5) is 0 Å². The Morgan fingerprint density at radius 1 is 1.50 bits per heavy atom. The lowest BCUT2D eigenvalue weighted by Crippen LogP contribution is -2.28. The minimum absolute atomic E-state index is 0.435. The summed E-state index contributed by atoms with van der Waals surface area (Å²) in [5.74, 6) is 1.20. The van der Waals surface area contributed by atoms with Crippen LogP contribution in [-0.2, 0) is 4.79 Å². The maximum atomic E-state index is 10.4. The van der Waals surface area contributed by atoms with Gasteiger partial charge in [-0.05, 0) is 30.6 Å². The number of carbonyl (C=O) groups excluding carboxylic acids is 1. The molecule has 2 fully saturated rings. The molecule has 0 aromatic carbocycles. The third kappa shape index (κ3) is 0.727. The first kappa shape index (κ1) is 6.38. The average Bonchev–Trinajstić information content (AvgIpc) is 2.61. The van der Waals surface area contributed by atoms with Crippen LogP contribution in [0.25, 0.3) is 0 Å². The van der Waals surface area contributed by atoms with Crippen LogP contribution in [0.15, 0.2) is 0 Å². The summed E-state index contributed by atoms with van der Waals surface area (Å²) in [6.07, 6.45) is 6.44. The van der Waals surface area contributed by atoms with Crippen LogP contribution < -0.4 is 0 Å². The quantitative estimate of drug-likeness (QED) is 0.533. The summed E-state index contributed by atoms with van der Waals surface area (Å²) in [6, 6.07) is 0. The highest BCUT2D eigenvalue weighted by Gasteiger charge is 2.52. The van der Waals surface area contributed by atoms with E-state index in [4.69, 9.17) is 0 Å². The largest absolute Gasteiger partial charge is 0.303 e. The fourth-order valence-corrected chi connectivity index (χ4v) is 2.27. The van der Waals surface area contributed by atoms with E-state index in [1.165, 1.54) is 25.7 Å². The molecule has 0 heterocycles. The van der Waals surface area contributed by atoms with E-state index in [2.05, 4.69) is 6.92 Å². The minimum Gasteiger partial charge on any atom is -0.303 e. The molecule has 1 nitrogen and oxygen atoms in total. The smallest absolute Gasteiger partial charge is 0.123 e. The third-order valence-electron chi connectivity index (χ3n) is 3.41. The first-order chi connectivity index (χ1) is 4.76.